The Labute approximate surface area is 219 Å². The molecule has 3 N–H and O–H groups in total. The smallest absolute Gasteiger partial charge is 0.376 e. The molecule has 39 heavy (non-hydrogen) atoms. The van der Waals surface area contributed by atoms with E-state index in [0.29, 0.717) is 37.8 Å². The third kappa shape index (κ3) is 6.27. The summed E-state index contributed by atoms with van der Waals surface area (Å²) in [6.45, 7) is 1.80. The van der Waals surface area contributed by atoms with Gasteiger partial charge in [0.2, 0.25) is 10.0 Å². The van der Waals surface area contributed by atoms with Gasteiger partial charge in [-0.05, 0) is 50.1 Å². The zero-order valence-corrected chi connectivity index (χ0v) is 21.2. The summed E-state index contributed by atoms with van der Waals surface area (Å²) < 4.78 is 108. The Hall–Kier alpha value is -3.39. The summed E-state index contributed by atoms with van der Waals surface area (Å²) in [7, 11) is -3.94. The molecule has 3 aromatic rings. The maximum absolute atomic E-state index is 13.2. The van der Waals surface area contributed by atoms with Gasteiger partial charge in [0.05, 0.1) is 16.0 Å². The van der Waals surface area contributed by atoms with Crippen LogP contribution >= 0.6 is 0 Å². The molecule has 7 nitrogen and oxygen atoms in total. The first-order chi connectivity index (χ1) is 18.1. The fourth-order valence-electron chi connectivity index (χ4n) is 4.43. The molecule has 0 radical (unpaired) electrons. The Kier molecular flexibility index (Phi) is 7.56. The van der Waals surface area contributed by atoms with Crippen molar-refractivity contribution in [1.82, 2.24) is 4.72 Å². The number of benzene rings is 2. The van der Waals surface area contributed by atoms with Gasteiger partial charge in [-0.1, -0.05) is 30.5 Å². The van der Waals surface area contributed by atoms with Gasteiger partial charge in [0.25, 0.3) is 10.9 Å². The van der Waals surface area contributed by atoms with Crippen LogP contribution in [0, 0.1) is 6.92 Å². The average Bonchev–Trinajstić information content (AvgIpc) is 2.85. The zero-order valence-electron chi connectivity index (χ0n) is 20.3. The van der Waals surface area contributed by atoms with Gasteiger partial charge in [0.1, 0.15) is 11.4 Å². The van der Waals surface area contributed by atoms with Gasteiger partial charge in [0, 0.05) is 17.8 Å². The van der Waals surface area contributed by atoms with Crippen LogP contribution in [0.25, 0.3) is 0 Å². The maximum Gasteiger partial charge on any atom is 0.416 e. The minimum atomic E-state index is -5.10. The van der Waals surface area contributed by atoms with Crippen molar-refractivity contribution in [3.63, 3.8) is 0 Å². The number of nitrogens with one attached hydrogen (secondary N) is 3. The van der Waals surface area contributed by atoms with E-state index in [4.69, 9.17) is 0 Å². The Morgan fingerprint density at radius 1 is 0.769 bits per heavy atom. The van der Waals surface area contributed by atoms with Gasteiger partial charge in [0.15, 0.2) is 0 Å². The third-order valence-electron chi connectivity index (χ3n) is 6.50. The van der Waals surface area contributed by atoms with E-state index in [0.717, 1.165) is 5.56 Å². The molecule has 1 saturated carbocycles. The highest BCUT2D eigenvalue weighted by Gasteiger charge is 2.38. The number of aryl methyl sites for hydroxylation is 1. The molecule has 0 saturated heterocycles. The Morgan fingerprint density at radius 3 is 1.82 bits per heavy atom. The number of alkyl halides is 6. The number of rotatable bonds is 7. The summed E-state index contributed by atoms with van der Waals surface area (Å²) >= 11 is 0. The molecule has 3 aromatic carbocycles. The van der Waals surface area contributed by atoms with Crippen molar-refractivity contribution in [2.45, 2.75) is 61.9 Å². The van der Waals surface area contributed by atoms with Gasteiger partial charge in [-0.15, -0.1) is 0 Å². The summed E-state index contributed by atoms with van der Waals surface area (Å²) in [5.41, 5.74) is -6.00. The van der Waals surface area contributed by atoms with Crippen molar-refractivity contribution in [2.24, 2.45) is 0 Å². The Balaban J connectivity index is 1.60. The van der Waals surface area contributed by atoms with Crippen molar-refractivity contribution in [1.29, 1.82) is 0 Å². The first kappa shape index (κ1) is 28.6. The van der Waals surface area contributed by atoms with Crippen LogP contribution in [0.3, 0.4) is 0 Å². The molecule has 210 valence electrons. The SMILES string of the molecule is Cc1ccc(S(=O)(=O)N[C@@H]2CCCC[C@H]2Nc2c(Nc3cc(C(F)(F)F)cc(C(F)(F)F)c3)c(=O)c2=O)cc1. The molecule has 0 spiro atoms. The predicted octanol–water partition coefficient (Wildman–Crippen LogP) is 5.07. The molecule has 2 atom stereocenters. The highest BCUT2D eigenvalue weighted by Crippen LogP contribution is 2.38. The lowest BCUT2D eigenvalue weighted by Crippen LogP contribution is -2.50. The van der Waals surface area contributed by atoms with Crippen molar-refractivity contribution in [3.05, 3.63) is 79.6 Å². The van der Waals surface area contributed by atoms with Gasteiger partial charge >= 0.3 is 12.4 Å². The van der Waals surface area contributed by atoms with Crippen molar-refractivity contribution in [2.75, 3.05) is 10.6 Å². The van der Waals surface area contributed by atoms with E-state index in [9.17, 15) is 44.3 Å². The van der Waals surface area contributed by atoms with E-state index in [2.05, 4.69) is 15.4 Å². The molecular weight excluding hydrogens is 552 g/mol. The lowest BCUT2D eigenvalue weighted by molar-refractivity contribution is -0.143. The van der Waals surface area contributed by atoms with Crippen LogP contribution in [-0.4, -0.2) is 20.5 Å². The molecule has 14 heteroatoms. The van der Waals surface area contributed by atoms with Gasteiger partial charge in [-0.25, -0.2) is 13.1 Å². The fourth-order valence-corrected chi connectivity index (χ4v) is 5.75. The summed E-state index contributed by atoms with van der Waals surface area (Å²) in [4.78, 5) is 24.6. The summed E-state index contributed by atoms with van der Waals surface area (Å²) in [5.74, 6) is 0. The number of anilines is 3. The van der Waals surface area contributed by atoms with E-state index >= 15 is 0 Å². The van der Waals surface area contributed by atoms with E-state index in [1.165, 1.54) is 12.1 Å². The largest absolute Gasteiger partial charge is 0.416 e. The second-order valence-electron chi connectivity index (χ2n) is 9.40. The van der Waals surface area contributed by atoms with Crippen LogP contribution in [0.15, 0.2) is 56.9 Å². The number of sulfonamides is 1. The van der Waals surface area contributed by atoms with Crippen molar-refractivity contribution >= 4 is 27.1 Å². The van der Waals surface area contributed by atoms with Crippen LogP contribution in [0.5, 0.6) is 0 Å². The molecule has 0 bridgehead atoms. The zero-order chi connectivity index (χ0) is 28.8. The molecule has 4 rings (SSSR count). The predicted molar refractivity (Wildman–Crippen MR) is 132 cm³/mol. The molecule has 0 aromatic heterocycles. The summed E-state index contributed by atoms with van der Waals surface area (Å²) in [5, 5.41) is 5.03. The third-order valence-corrected chi connectivity index (χ3v) is 8.01. The van der Waals surface area contributed by atoms with Crippen LogP contribution in [0.2, 0.25) is 0 Å². The topological polar surface area (TPSA) is 104 Å². The summed E-state index contributed by atoms with van der Waals surface area (Å²) in [6, 6.07) is 5.50. The highest BCUT2D eigenvalue weighted by atomic mass is 32.2. The van der Waals surface area contributed by atoms with E-state index in [-0.39, 0.29) is 16.6 Å². The van der Waals surface area contributed by atoms with Crippen LogP contribution in [0.4, 0.5) is 43.4 Å². The van der Waals surface area contributed by atoms with Crippen LogP contribution in [-0.2, 0) is 22.4 Å². The number of halogens is 6. The summed E-state index contributed by atoms with van der Waals surface area (Å²) in [6.07, 6.45) is -8.10. The second-order valence-corrected chi connectivity index (χ2v) is 11.1. The minimum Gasteiger partial charge on any atom is -0.376 e. The molecule has 1 fully saturated rings. The monoisotopic (exact) mass is 575 g/mol. The molecular formula is C25H23F6N3O4S. The number of hydrogen-bond acceptors (Lipinski definition) is 6. The molecule has 0 amide bonds. The molecule has 0 unspecified atom stereocenters. The molecule has 0 heterocycles. The van der Waals surface area contributed by atoms with Crippen LogP contribution in [0.1, 0.15) is 42.4 Å². The van der Waals surface area contributed by atoms with Gasteiger partial charge < -0.3 is 10.6 Å². The lowest BCUT2D eigenvalue weighted by Gasteiger charge is -2.34. The van der Waals surface area contributed by atoms with Gasteiger partial charge in [-0.2, -0.15) is 26.3 Å². The second kappa shape index (κ2) is 10.3. The van der Waals surface area contributed by atoms with Crippen molar-refractivity contribution < 1.29 is 34.8 Å². The standard InChI is InChI=1S/C25H23F6N3O4S/c1-13-6-8-17(9-7-13)39(37,38)34-19-5-3-2-4-18(19)33-21-20(22(35)23(21)36)32-16-11-14(24(26,27)28)10-15(12-16)25(29,30)31/h6-12,18-19,32-34H,2-5H2,1H3/t18-,19-/m1/s1. The van der Waals surface area contributed by atoms with Crippen LogP contribution < -0.4 is 26.2 Å². The minimum absolute atomic E-state index is 0.0268. The normalized spacial score (nSPS) is 18.7. The highest BCUT2D eigenvalue weighted by molar-refractivity contribution is 7.89. The van der Waals surface area contributed by atoms with E-state index in [1.54, 1.807) is 19.1 Å². The van der Waals surface area contributed by atoms with E-state index in [1.807, 2.05) is 0 Å². The van der Waals surface area contributed by atoms with Gasteiger partial charge in [-0.3, -0.25) is 9.59 Å². The maximum atomic E-state index is 13.2. The molecule has 0 aliphatic heterocycles. The van der Waals surface area contributed by atoms with Crippen molar-refractivity contribution in [3.8, 4) is 0 Å². The first-order valence-corrected chi connectivity index (χ1v) is 13.3. The number of hydrogen-bond donors (Lipinski definition) is 3. The fraction of sp³-hybridized carbons (Fsp3) is 0.360. The first-order valence-electron chi connectivity index (χ1n) is 11.8. The van der Waals surface area contributed by atoms with E-state index < -0.39 is 67.8 Å². The Morgan fingerprint density at radius 2 is 1.28 bits per heavy atom. The Bertz CT molecular complexity index is 1510. The lowest BCUT2D eigenvalue weighted by atomic mass is 9.90. The molecule has 1 aliphatic carbocycles. The quantitative estimate of drug-likeness (QED) is 0.268. The average molecular weight is 576 g/mol. The molecule has 1 aliphatic rings.